The number of nitrogens with one attached hydrogen (secondary N) is 1. The highest BCUT2D eigenvalue weighted by atomic mass is 32.2. The largest absolute Gasteiger partial charge is 0.360 e. The first-order valence-electron chi connectivity index (χ1n) is 7.00. The van der Waals surface area contributed by atoms with Gasteiger partial charge in [0.1, 0.15) is 10.1 Å². The number of rotatable bonds is 3. The normalized spacial score (nSPS) is 16.1. The molecule has 0 radical (unpaired) electrons. The molecule has 8 heteroatoms. The highest BCUT2D eigenvalue weighted by Gasteiger charge is 2.28. The van der Waals surface area contributed by atoms with Crippen LogP contribution >= 0.6 is 24.0 Å². The van der Waals surface area contributed by atoms with Crippen LogP contribution in [0.5, 0.6) is 0 Å². The fourth-order valence-electron chi connectivity index (χ4n) is 2.04. The van der Waals surface area contributed by atoms with Crippen molar-refractivity contribution in [3.05, 3.63) is 52.1 Å². The molecule has 0 saturated carbocycles. The molecule has 1 aromatic heterocycles. The van der Waals surface area contributed by atoms with E-state index in [0.29, 0.717) is 26.4 Å². The smallest absolute Gasteiger partial charge is 0.265 e. The number of carbonyl (C=O) groups is 2. The number of benzene rings is 1. The van der Waals surface area contributed by atoms with Gasteiger partial charge in [-0.25, -0.2) is 0 Å². The van der Waals surface area contributed by atoms with Crippen LogP contribution in [0, 0.1) is 6.92 Å². The summed E-state index contributed by atoms with van der Waals surface area (Å²) in [5.41, 5.74) is 1.30. The Labute approximate surface area is 147 Å². The molecule has 3 rings (SSSR count). The van der Waals surface area contributed by atoms with E-state index in [4.69, 9.17) is 16.7 Å². The minimum Gasteiger partial charge on any atom is -0.360 e. The third-order valence-electron chi connectivity index (χ3n) is 3.33. The van der Waals surface area contributed by atoms with Gasteiger partial charge in [-0.15, -0.1) is 0 Å². The van der Waals surface area contributed by atoms with Gasteiger partial charge in [-0.2, -0.15) is 0 Å². The molecule has 0 bridgehead atoms. The van der Waals surface area contributed by atoms with Crippen molar-refractivity contribution in [1.29, 1.82) is 0 Å². The van der Waals surface area contributed by atoms with Gasteiger partial charge in [-0.3, -0.25) is 14.5 Å². The molecule has 0 aliphatic carbocycles. The highest BCUT2D eigenvalue weighted by molar-refractivity contribution is 8.26. The number of thiocarbonyl (C=S) groups is 1. The molecular formula is C16H13N3O3S2. The lowest BCUT2D eigenvalue weighted by atomic mass is 10.1. The number of hydrogen-bond donors (Lipinski definition) is 1. The quantitative estimate of drug-likeness (QED) is 0.670. The van der Waals surface area contributed by atoms with Crippen LogP contribution in [0.3, 0.4) is 0 Å². The summed E-state index contributed by atoms with van der Waals surface area (Å²) >= 11 is 6.35. The number of nitrogens with zero attached hydrogens (tertiary/aromatic N) is 2. The van der Waals surface area contributed by atoms with Crippen LogP contribution in [0.2, 0.25) is 0 Å². The van der Waals surface area contributed by atoms with Gasteiger partial charge in [0.15, 0.2) is 5.82 Å². The zero-order valence-electron chi connectivity index (χ0n) is 12.9. The molecule has 1 aromatic carbocycles. The number of anilines is 1. The van der Waals surface area contributed by atoms with E-state index in [-0.39, 0.29) is 11.8 Å². The Hall–Kier alpha value is -2.45. The van der Waals surface area contributed by atoms with Crippen molar-refractivity contribution in [2.45, 2.75) is 6.92 Å². The summed E-state index contributed by atoms with van der Waals surface area (Å²) in [5.74, 6) is 0.588. The Morgan fingerprint density at radius 2 is 2.08 bits per heavy atom. The summed E-state index contributed by atoms with van der Waals surface area (Å²) in [6.07, 6.45) is 1.76. The maximum absolute atomic E-state index is 12.1. The standard InChI is InChI=1S/C16H13N3O3S2/c1-9-7-13(18-22-9)17-14(20)11-5-3-10(4-6-11)8-12-15(21)19(2)16(23)24-12/h3-8H,1-2H3,(H,17,18,20)/b12-8-. The number of aryl methyl sites for hydroxylation is 1. The predicted molar refractivity (Wildman–Crippen MR) is 96.6 cm³/mol. The van der Waals surface area contributed by atoms with E-state index in [1.54, 1.807) is 50.4 Å². The Balaban J connectivity index is 1.73. The Morgan fingerprint density at radius 3 is 2.62 bits per heavy atom. The highest BCUT2D eigenvalue weighted by Crippen LogP contribution is 2.31. The second kappa shape index (κ2) is 6.58. The molecule has 0 atom stereocenters. The summed E-state index contributed by atoms with van der Waals surface area (Å²) in [6.45, 7) is 1.75. The van der Waals surface area contributed by atoms with Crippen molar-refractivity contribution in [2.24, 2.45) is 0 Å². The van der Waals surface area contributed by atoms with Gasteiger partial charge in [-0.05, 0) is 30.7 Å². The molecule has 0 spiro atoms. The van der Waals surface area contributed by atoms with Gasteiger partial charge in [0, 0.05) is 18.7 Å². The van der Waals surface area contributed by atoms with Crippen LogP contribution in [0.25, 0.3) is 6.08 Å². The fourth-order valence-corrected chi connectivity index (χ4v) is 3.22. The first-order chi connectivity index (χ1) is 11.4. The average Bonchev–Trinajstić information content (AvgIpc) is 3.07. The number of thioether (sulfide) groups is 1. The van der Waals surface area contributed by atoms with E-state index in [0.717, 1.165) is 5.56 Å². The number of carbonyl (C=O) groups excluding carboxylic acids is 2. The molecule has 122 valence electrons. The lowest BCUT2D eigenvalue weighted by Gasteiger charge is -2.04. The second-order valence-electron chi connectivity index (χ2n) is 5.14. The molecule has 1 saturated heterocycles. The summed E-state index contributed by atoms with van der Waals surface area (Å²) in [5, 5.41) is 6.37. The molecule has 2 amide bonds. The lowest BCUT2D eigenvalue weighted by molar-refractivity contribution is -0.121. The first-order valence-corrected chi connectivity index (χ1v) is 8.23. The predicted octanol–water partition coefficient (Wildman–Crippen LogP) is 3.07. The lowest BCUT2D eigenvalue weighted by Crippen LogP contribution is -2.22. The molecule has 6 nitrogen and oxygen atoms in total. The third-order valence-corrected chi connectivity index (χ3v) is 4.81. The van der Waals surface area contributed by atoms with Crippen molar-refractivity contribution < 1.29 is 14.1 Å². The van der Waals surface area contributed by atoms with E-state index >= 15 is 0 Å². The zero-order chi connectivity index (χ0) is 17.3. The summed E-state index contributed by atoms with van der Waals surface area (Å²) in [4.78, 5) is 26.1. The van der Waals surface area contributed by atoms with Gasteiger partial charge in [0.2, 0.25) is 0 Å². The first kappa shape index (κ1) is 16.4. The Morgan fingerprint density at radius 1 is 1.38 bits per heavy atom. The van der Waals surface area contributed by atoms with Gasteiger partial charge in [-0.1, -0.05) is 41.3 Å². The van der Waals surface area contributed by atoms with Crippen LogP contribution < -0.4 is 5.32 Å². The van der Waals surface area contributed by atoms with E-state index in [9.17, 15) is 9.59 Å². The van der Waals surface area contributed by atoms with Crippen molar-refractivity contribution >= 4 is 52.0 Å². The van der Waals surface area contributed by atoms with Crippen molar-refractivity contribution in [2.75, 3.05) is 12.4 Å². The Kier molecular flexibility index (Phi) is 4.50. The van der Waals surface area contributed by atoms with Crippen LogP contribution in [0.4, 0.5) is 5.82 Å². The van der Waals surface area contributed by atoms with E-state index in [1.165, 1.54) is 16.7 Å². The number of aromatic nitrogens is 1. The monoisotopic (exact) mass is 359 g/mol. The molecule has 1 aliphatic rings. The number of hydrogen-bond acceptors (Lipinski definition) is 6. The molecule has 0 unspecified atom stereocenters. The third kappa shape index (κ3) is 3.39. The second-order valence-corrected chi connectivity index (χ2v) is 6.82. The van der Waals surface area contributed by atoms with Crippen LogP contribution in [0.15, 0.2) is 39.8 Å². The van der Waals surface area contributed by atoms with Crippen LogP contribution in [-0.4, -0.2) is 33.2 Å². The fraction of sp³-hybridized carbons (Fsp3) is 0.125. The molecule has 1 fully saturated rings. The van der Waals surface area contributed by atoms with E-state index in [1.807, 2.05) is 0 Å². The summed E-state index contributed by atoms with van der Waals surface area (Å²) in [6, 6.07) is 8.54. The maximum Gasteiger partial charge on any atom is 0.265 e. The summed E-state index contributed by atoms with van der Waals surface area (Å²) in [7, 11) is 1.65. The van der Waals surface area contributed by atoms with Gasteiger partial charge >= 0.3 is 0 Å². The minimum absolute atomic E-state index is 0.117. The van der Waals surface area contributed by atoms with Crippen molar-refractivity contribution in [1.82, 2.24) is 10.1 Å². The topological polar surface area (TPSA) is 75.4 Å². The zero-order valence-corrected chi connectivity index (χ0v) is 14.5. The van der Waals surface area contributed by atoms with Gasteiger partial charge < -0.3 is 9.84 Å². The molecule has 1 aliphatic heterocycles. The van der Waals surface area contributed by atoms with Crippen LogP contribution in [-0.2, 0) is 4.79 Å². The molecular weight excluding hydrogens is 346 g/mol. The van der Waals surface area contributed by atoms with Crippen molar-refractivity contribution in [3.63, 3.8) is 0 Å². The number of amides is 2. The SMILES string of the molecule is Cc1cc(NC(=O)c2ccc(/C=C3\SC(=S)N(C)C3=O)cc2)no1. The summed E-state index contributed by atoms with van der Waals surface area (Å²) < 4.78 is 5.43. The maximum atomic E-state index is 12.1. The number of likely N-dealkylation sites (N-methyl/N-ethyl adjacent to an activating group) is 1. The average molecular weight is 359 g/mol. The minimum atomic E-state index is -0.283. The molecule has 2 aromatic rings. The van der Waals surface area contributed by atoms with Gasteiger partial charge in [0.25, 0.3) is 11.8 Å². The van der Waals surface area contributed by atoms with Gasteiger partial charge in [0.05, 0.1) is 4.91 Å². The molecule has 24 heavy (non-hydrogen) atoms. The van der Waals surface area contributed by atoms with Crippen LogP contribution in [0.1, 0.15) is 21.7 Å². The Bertz CT molecular complexity index is 856. The molecule has 1 N–H and O–H groups in total. The van der Waals surface area contributed by atoms with E-state index < -0.39 is 0 Å². The van der Waals surface area contributed by atoms with Crippen molar-refractivity contribution in [3.8, 4) is 0 Å². The molecule has 2 heterocycles. The van der Waals surface area contributed by atoms with E-state index in [2.05, 4.69) is 10.5 Å².